The van der Waals surface area contributed by atoms with Crippen molar-refractivity contribution in [2.75, 3.05) is 17.2 Å². The van der Waals surface area contributed by atoms with Gasteiger partial charge in [0, 0.05) is 12.1 Å². The van der Waals surface area contributed by atoms with Gasteiger partial charge in [0.05, 0.1) is 24.3 Å². The minimum atomic E-state index is -3.53. The van der Waals surface area contributed by atoms with Crippen molar-refractivity contribution in [3.8, 4) is 0 Å². The van der Waals surface area contributed by atoms with Crippen molar-refractivity contribution >= 4 is 31.4 Å². The zero-order valence-corrected chi connectivity index (χ0v) is 16.9. The Bertz CT molecular complexity index is 1070. The maximum absolute atomic E-state index is 12.2. The van der Waals surface area contributed by atoms with Gasteiger partial charge < -0.3 is 0 Å². The van der Waals surface area contributed by atoms with E-state index in [2.05, 4.69) is 9.82 Å². The van der Waals surface area contributed by atoms with Crippen LogP contribution in [0.15, 0.2) is 53.6 Å². The zero-order chi connectivity index (χ0) is 19.8. The number of anilines is 1. The van der Waals surface area contributed by atoms with Crippen LogP contribution in [-0.2, 0) is 20.0 Å². The highest BCUT2D eigenvalue weighted by atomic mass is 32.2. The molecule has 0 aliphatic carbocycles. The number of nitrogens with one attached hydrogen (secondary N) is 1. The summed E-state index contributed by atoms with van der Waals surface area (Å²) >= 11 is 0. The van der Waals surface area contributed by atoms with Crippen LogP contribution >= 0.6 is 0 Å². The molecule has 1 aliphatic rings. The van der Waals surface area contributed by atoms with E-state index < -0.39 is 26.1 Å². The summed E-state index contributed by atoms with van der Waals surface area (Å²) < 4.78 is 50.6. The second kappa shape index (κ2) is 6.97. The molecule has 2 aromatic rings. The standard InChI is InChI=1S/C18H21N3O4S2/c1-13-4-6-15(7-5-13)18-12-17(19-21(18)27(3,24)25)14-8-10-16(11-9-14)20-26(2,22)23/h4-11,18,20H,12H2,1-3H3. The summed E-state index contributed by atoms with van der Waals surface area (Å²) in [6, 6.07) is 14.0. The third kappa shape index (κ3) is 4.67. The van der Waals surface area contributed by atoms with Gasteiger partial charge in [-0.3, -0.25) is 4.72 Å². The summed E-state index contributed by atoms with van der Waals surface area (Å²) in [5.74, 6) is 0. The SMILES string of the molecule is Cc1ccc(C2CC(c3ccc(NS(C)(=O)=O)cc3)=NN2S(C)(=O)=O)cc1. The number of hydrogen-bond donors (Lipinski definition) is 1. The summed E-state index contributed by atoms with van der Waals surface area (Å²) in [7, 11) is -6.88. The van der Waals surface area contributed by atoms with E-state index >= 15 is 0 Å². The van der Waals surface area contributed by atoms with Crippen LogP contribution in [0.3, 0.4) is 0 Å². The van der Waals surface area contributed by atoms with Gasteiger partial charge in [-0.1, -0.05) is 42.0 Å². The Morgan fingerprint density at radius 1 is 0.963 bits per heavy atom. The normalized spacial score (nSPS) is 17.7. The molecule has 1 unspecified atom stereocenters. The molecule has 144 valence electrons. The molecule has 0 bridgehead atoms. The molecule has 0 aromatic heterocycles. The second-order valence-corrected chi connectivity index (χ2v) is 10.3. The van der Waals surface area contributed by atoms with Gasteiger partial charge in [-0.15, -0.1) is 0 Å². The molecule has 0 saturated heterocycles. The number of hydrazone groups is 1. The fourth-order valence-corrected chi connectivity index (χ4v) is 4.42. The Kier molecular flexibility index (Phi) is 5.00. The van der Waals surface area contributed by atoms with Gasteiger partial charge in [0.25, 0.3) is 0 Å². The smallest absolute Gasteiger partial charge is 0.247 e. The highest BCUT2D eigenvalue weighted by Crippen LogP contribution is 2.34. The van der Waals surface area contributed by atoms with Crippen molar-refractivity contribution in [2.24, 2.45) is 5.10 Å². The molecule has 3 rings (SSSR count). The first-order chi connectivity index (χ1) is 12.5. The summed E-state index contributed by atoms with van der Waals surface area (Å²) in [5, 5.41) is 4.34. The van der Waals surface area contributed by atoms with E-state index in [1.165, 1.54) is 0 Å². The lowest BCUT2D eigenvalue weighted by atomic mass is 9.98. The van der Waals surface area contributed by atoms with Crippen LogP contribution < -0.4 is 4.72 Å². The van der Waals surface area contributed by atoms with Gasteiger partial charge in [0.15, 0.2) is 0 Å². The molecule has 1 atom stereocenters. The first kappa shape index (κ1) is 19.4. The number of rotatable bonds is 5. The molecular formula is C18H21N3O4S2. The van der Waals surface area contributed by atoms with Gasteiger partial charge >= 0.3 is 0 Å². The van der Waals surface area contributed by atoms with Crippen molar-refractivity contribution in [3.63, 3.8) is 0 Å². The van der Waals surface area contributed by atoms with Gasteiger partial charge in [-0.25, -0.2) is 16.8 Å². The van der Waals surface area contributed by atoms with E-state index in [4.69, 9.17) is 0 Å². The second-order valence-electron chi connectivity index (χ2n) is 6.66. The minimum absolute atomic E-state index is 0.399. The number of benzene rings is 2. The van der Waals surface area contributed by atoms with Gasteiger partial charge in [-0.2, -0.15) is 9.52 Å². The number of aryl methyl sites for hydroxylation is 1. The fourth-order valence-electron chi connectivity index (χ4n) is 2.95. The quantitative estimate of drug-likeness (QED) is 0.824. The van der Waals surface area contributed by atoms with Crippen LogP contribution in [0.4, 0.5) is 5.69 Å². The Labute approximate surface area is 159 Å². The topological polar surface area (TPSA) is 95.9 Å². The highest BCUT2D eigenvalue weighted by molar-refractivity contribution is 7.92. The van der Waals surface area contributed by atoms with Crippen molar-refractivity contribution < 1.29 is 16.8 Å². The van der Waals surface area contributed by atoms with Crippen LogP contribution in [-0.4, -0.2) is 39.5 Å². The molecule has 9 heteroatoms. The van der Waals surface area contributed by atoms with E-state index in [1.807, 2.05) is 31.2 Å². The van der Waals surface area contributed by atoms with Crippen LogP contribution in [0.1, 0.15) is 29.2 Å². The zero-order valence-electron chi connectivity index (χ0n) is 15.2. The van der Waals surface area contributed by atoms with Crippen LogP contribution in [0.25, 0.3) is 0 Å². The molecule has 27 heavy (non-hydrogen) atoms. The van der Waals surface area contributed by atoms with Crippen molar-refractivity contribution in [2.45, 2.75) is 19.4 Å². The molecule has 0 saturated carbocycles. The van der Waals surface area contributed by atoms with E-state index in [0.717, 1.165) is 33.6 Å². The van der Waals surface area contributed by atoms with E-state index in [1.54, 1.807) is 24.3 Å². The first-order valence-corrected chi connectivity index (χ1v) is 12.0. The molecule has 1 aliphatic heterocycles. The monoisotopic (exact) mass is 407 g/mol. The Hall–Kier alpha value is -2.39. The Morgan fingerprint density at radius 3 is 2.07 bits per heavy atom. The van der Waals surface area contributed by atoms with E-state index in [-0.39, 0.29) is 0 Å². The predicted molar refractivity (Wildman–Crippen MR) is 107 cm³/mol. The molecule has 7 nitrogen and oxygen atoms in total. The van der Waals surface area contributed by atoms with Crippen LogP contribution in [0, 0.1) is 6.92 Å². The number of sulfonamides is 2. The van der Waals surface area contributed by atoms with Crippen molar-refractivity contribution in [1.29, 1.82) is 0 Å². The van der Waals surface area contributed by atoms with Crippen molar-refractivity contribution in [1.82, 2.24) is 4.41 Å². The molecule has 2 aromatic carbocycles. The Balaban J connectivity index is 1.91. The third-order valence-electron chi connectivity index (χ3n) is 4.20. The summed E-state index contributed by atoms with van der Waals surface area (Å²) in [4.78, 5) is 0. The maximum atomic E-state index is 12.2. The number of hydrogen-bond acceptors (Lipinski definition) is 5. The van der Waals surface area contributed by atoms with E-state index in [9.17, 15) is 16.8 Å². The fraction of sp³-hybridized carbons (Fsp3) is 0.278. The average molecular weight is 408 g/mol. The first-order valence-electron chi connectivity index (χ1n) is 8.24. The highest BCUT2D eigenvalue weighted by Gasteiger charge is 2.34. The minimum Gasteiger partial charge on any atom is -0.284 e. The molecule has 1 heterocycles. The molecule has 1 N–H and O–H groups in total. The van der Waals surface area contributed by atoms with Crippen molar-refractivity contribution in [3.05, 3.63) is 65.2 Å². The maximum Gasteiger partial charge on any atom is 0.247 e. The molecule has 0 fully saturated rings. The lowest BCUT2D eigenvalue weighted by Gasteiger charge is -2.21. The largest absolute Gasteiger partial charge is 0.284 e. The summed E-state index contributed by atoms with van der Waals surface area (Å²) in [6.45, 7) is 1.97. The molecule has 0 spiro atoms. The van der Waals surface area contributed by atoms with Crippen LogP contribution in [0.2, 0.25) is 0 Å². The van der Waals surface area contributed by atoms with Gasteiger partial charge in [-0.05, 0) is 30.2 Å². The van der Waals surface area contributed by atoms with Crippen LogP contribution in [0.5, 0.6) is 0 Å². The molecule has 0 radical (unpaired) electrons. The summed E-state index contributed by atoms with van der Waals surface area (Å²) in [5.41, 5.74) is 3.79. The molecular weight excluding hydrogens is 386 g/mol. The van der Waals surface area contributed by atoms with E-state index in [0.29, 0.717) is 17.8 Å². The molecule has 0 amide bonds. The lowest BCUT2D eigenvalue weighted by Crippen LogP contribution is -2.25. The number of nitrogens with zero attached hydrogens (tertiary/aromatic N) is 2. The Morgan fingerprint density at radius 2 is 1.56 bits per heavy atom. The van der Waals surface area contributed by atoms with Gasteiger partial charge in [0.2, 0.25) is 20.0 Å². The predicted octanol–water partition coefficient (Wildman–Crippen LogP) is 2.48. The third-order valence-corrected chi connectivity index (χ3v) is 5.82. The lowest BCUT2D eigenvalue weighted by molar-refractivity contribution is 0.375. The average Bonchev–Trinajstić information content (AvgIpc) is 3.00. The van der Waals surface area contributed by atoms with Gasteiger partial charge in [0.1, 0.15) is 0 Å². The summed E-state index contributed by atoms with van der Waals surface area (Å²) in [6.07, 6.45) is 2.66.